The van der Waals surface area contributed by atoms with E-state index in [1.165, 1.54) is 23.3 Å². The number of rotatable bonds is 9. The Bertz CT molecular complexity index is 628. The molecule has 0 spiro atoms. The fourth-order valence-electron chi connectivity index (χ4n) is 4.04. The summed E-state index contributed by atoms with van der Waals surface area (Å²) in [5, 5.41) is 12.0. The average molecular weight is 457 g/mol. The van der Waals surface area contributed by atoms with Gasteiger partial charge in [-0.2, -0.15) is 0 Å². The van der Waals surface area contributed by atoms with E-state index in [9.17, 15) is 24.3 Å². The number of hydrogen-bond acceptors (Lipinski definition) is 5. The number of nitrogens with zero attached hydrogens (tertiary/aromatic N) is 3. The predicted octanol–water partition coefficient (Wildman–Crippen LogP) is 1.66. The Kier molecular flexibility index (Phi) is 13.1. The summed E-state index contributed by atoms with van der Waals surface area (Å²) in [5.74, 6) is -2.15. The molecule has 0 aromatic rings. The van der Waals surface area contributed by atoms with Gasteiger partial charge in [-0.1, -0.05) is 48.0 Å². The molecule has 3 atom stereocenters. The van der Waals surface area contributed by atoms with Gasteiger partial charge in [0.05, 0.1) is 12.6 Å². The van der Waals surface area contributed by atoms with Crippen LogP contribution < -0.4 is 5.32 Å². The van der Waals surface area contributed by atoms with Crippen molar-refractivity contribution in [1.82, 2.24) is 20.0 Å². The number of likely N-dealkylation sites (tertiary alicyclic amines) is 1. The van der Waals surface area contributed by atoms with E-state index in [1.54, 1.807) is 19.0 Å². The van der Waals surface area contributed by atoms with Crippen molar-refractivity contribution in [3.05, 3.63) is 0 Å². The van der Waals surface area contributed by atoms with Crippen LogP contribution in [0.4, 0.5) is 0 Å². The molecule has 0 bridgehead atoms. The molecule has 0 radical (unpaired) electrons. The van der Waals surface area contributed by atoms with E-state index >= 15 is 0 Å². The minimum absolute atomic E-state index is 0.0749. The minimum Gasteiger partial charge on any atom is -0.480 e. The Morgan fingerprint density at radius 3 is 1.91 bits per heavy atom. The summed E-state index contributed by atoms with van der Waals surface area (Å²) < 4.78 is 0. The normalized spacial score (nSPS) is 17.6. The number of aliphatic carboxylic acids is 1. The van der Waals surface area contributed by atoms with E-state index in [0.717, 1.165) is 0 Å². The summed E-state index contributed by atoms with van der Waals surface area (Å²) in [5.41, 5.74) is 0. The number of carboxylic acid groups (broad SMARTS) is 1. The molecule has 3 amide bonds. The fraction of sp³-hybridized carbons (Fsp3) is 0.826. The van der Waals surface area contributed by atoms with Crippen LogP contribution in [0.3, 0.4) is 0 Å². The summed E-state index contributed by atoms with van der Waals surface area (Å²) in [6.07, 6.45) is 2.29. The zero-order valence-electron chi connectivity index (χ0n) is 21.3. The van der Waals surface area contributed by atoms with Gasteiger partial charge in [-0.25, -0.2) is 4.79 Å². The average Bonchev–Trinajstić information content (AvgIpc) is 3.16. The Morgan fingerprint density at radius 1 is 1.00 bits per heavy atom. The highest BCUT2D eigenvalue weighted by atomic mass is 16.4. The molecule has 0 aromatic heterocycles. The smallest absolute Gasteiger partial charge is 0.326 e. The zero-order chi connectivity index (χ0) is 25.2. The van der Waals surface area contributed by atoms with Crippen molar-refractivity contribution in [2.75, 3.05) is 34.2 Å². The molecule has 1 fully saturated rings. The van der Waals surface area contributed by atoms with Crippen molar-refractivity contribution in [3.63, 3.8) is 0 Å². The Balaban J connectivity index is 0.00000302. The lowest BCUT2D eigenvalue weighted by atomic mass is 10.0. The van der Waals surface area contributed by atoms with Crippen LogP contribution in [0.1, 0.15) is 60.8 Å². The molecule has 0 aliphatic carbocycles. The standard InChI is InChI=1S/C20H36N4O5.C3H8/c1-12(2)16(22(5)6)18(26)21-11-15(25)23(7)17(13(3)4)19(27)24-10-8-9-14(24)20(28)29;1-3-2/h12-14,16-17H,8-11H2,1-7H3,(H,21,26)(H,28,29);3H2,1-2H3/t14-,16?,17?;/m0./s1. The fourth-order valence-corrected chi connectivity index (χ4v) is 4.04. The molecule has 1 aliphatic rings. The highest BCUT2D eigenvalue weighted by Gasteiger charge is 2.40. The van der Waals surface area contributed by atoms with E-state index in [2.05, 4.69) is 19.2 Å². The second kappa shape index (κ2) is 14.1. The van der Waals surface area contributed by atoms with Gasteiger partial charge in [-0.3, -0.25) is 19.3 Å². The maximum absolute atomic E-state index is 13.0. The van der Waals surface area contributed by atoms with E-state index in [1.807, 2.05) is 27.7 Å². The van der Waals surface area contributed by atoms with E-state index in [4.69, 9.17) is 0 Å². The van der Waals surface area contributed by atoms with Crippen LogP contribution in [0.2, 0.25) is 0 Å². The van der Waals surface area contributed by atoms with Gasteiger partial charge in [0.1, 0.15) is 12.1 Å². The first-order valence-electron chi connectivity index (χ1n) is 11.5. The number of amides is 3. The molecule has 2 N–H and O–H groups in total. The second-order valence-corrected chi connectivity index (χ2v) is 9.30. The molecule has 1 aliphatic heterocycles. The Hall–Kier alpha value is -2.16. The van der Waals surface area contributed by atoms with Gasteiger partial charge in [0.2, 0.25) is 17.7 Å². The molecule has 32 heavy (non-hydrogen) atoms. The van der Waals surface area contributed by atoms with Crippen molar-refractivity contribution in [3.8, 4) is 0 Å². The maximum Gasteiger partial charge on any atom is 0.326 e. The third-order valence-corrected chi connectivity index (χ3v) is 5.39. The second-order valence-electron chi connectivity index (χ2n) is 9.30. The number of carbonyl (C=O) groups is 4. The largest absolute Gasteiger partial charge is 0.480 e. The van der Waals surface area contributed by atoms with E-state index in [-0.39, 0.29) is 36.2 Å². The molecule has 0 aromatic carbocycles. The third kappa shape index (κ3) is 8.41. The van der Waals surface area contributed by atoms with Crippen molar-refractivity contribution in [2.24, 2.45) is 11.8 Å². The van der Waals surface area contributed by atoms with Crippen LogP contribution in [0.25, 0.3) is 0 Å². The van der Waals surface area contributed by atoms with Crippen molar-refractivity contribution >= 4 is 23.7 Å². The number of carbonyl (C=O) groups excluding carboxylic acids is 3. The predicted molar refractivity (Wildman–Crippen MR) is 125 cm³/mol. The van der Waals surface area contributed by atoms with Crippen LogP contribution in [0.5, 0.6) is 0 Å². The molecule has 2 unspecified atom stereocenters. The first kappa shape index (κ1) is 29.8. The number of nitrogens with one attached hydrogen (secondary N) is 1. The van der Waals surface area contributed by atoms with Crippen LogP contribution in [0.15, 0.2) is 0 Å². The van der Waals surface area contributed by atoms with Crippen molar-refractivity contribution in [1.29, 1.82) is 0 Å². The van der Waals surface area contributed by atoms with E-state index in [0.29, 0.717) is 19.4 Å². The Labute approximate surface area is 193 Å². The molecule has 1 rings (SSSR count). The summed E-state index contributed by atoms with van der Waals surface area (Å²) in [6, 6.07) is -2.00. The van der Waals surface area contributed by atoms with Crippen molar-refractivity contribution in [2.45, 2.75) is 78.9 Å². The topological polar surface area (TPSA) is 110 Å². The molecule has 9 nitrogen and oxygen atoms in total. The highest BCUT2D eigenvalue weighted by molar-refractivity contribution is 5.93. The first-order valence-corrected chi connectivity index (χ1v) is 11.5. The van der Waals surface area contributed by atoms with Gasteiger partial charge in [-0.05, 0) is 38.8 Å². The van der Waals surface area contributed by atoms with E-state index < -0.39 is 24.0 Å². The highest BCUT2D eigenvalue weighted by Crippen LogP contribution is 2.22. The number of likely N-dealkylation sites (N-methyl/N-ethyl adjacent to an activating group) is 2. The van der Waals surface area contributed by atoms with Gasteiger partial charge < -0.3 is 20.2 Å². The summed E-state index contributed by atoms with van der Waals surface area (Å²) in [7, 11) is 5.13. The van der Waals surface area contributed by atoms with Gasteiger partial charge in [0.25, 0.3) is 0 Å². The summed E-state index contributed by atoms with van der Waals surface area (Å²) >= 11 is 0. The zero-order valence-corrected chi connectivity index (χ0v) is 21.3. The van der Waals surface area contributed by atoms with Crippen molar-refractivity contribution < 1.29 is 24.3 Å². The molecule has 1 heterocycles. The molecular weight excluding hydrogens is 412 g/mol. The van der Waals surface area contributed by atoms with Crippen LogP contribution in [0, 0.1) is 11.8 Å². The Morgan fingerprint density at radius 2 is 1.50 bits per heavy atom. The van der Waals surface area contributed by atoms with Crippen LogP contribution in [-0.4, -0.2) is 95.9 Å². The van der Waals surface area contributed by atoms with Gasteiger partial charge in [-0.15, -0.1) is 0 Å². The van der Waals surface area contributed by atoms with Crippen LogP contribution >= 0.6 is 0 Å². The lowest BCUT2D eigenvalue weighted by Crippen LogP contribution is -2.56. The molecular formula is C23H44N4O5. The molecule has 0 saturated carbocycles. The summed E-state index contributed by atoms with van der Waals surface area (Å²) in [4.78, 5) is 54.1. The number of carboxylic acids is 1. The first-order chi connectivity index (χ1) is 14.8. The quantitative estimate of drug-likeness (QED) is 0.546. The SMILES string of the molecule is CC(C)C(C(=O)NCC(=O)N(C)C(C(=O)N1CCC[C@H]1C(=O)O)C(C)C)N(C)C.CCC. The lowest BCUT2D eigenvalue weighted by molar-refractivity contribution is -0.153. The van der Waals surface area contributed by atoms with Gasteiger partial charge in [0, 0.05) is 13.6 Å². The monoisotopic (exact) mass is 456 g/mol. The van der Waals surface area contributed by atoms with Crippen LogP contribution in [-0.2, 0) is 19.2 Å². The maximum atomic E-state index is 13.0. The minimum atomic E-state index is -1.02. The van der Waals surface area contributed by atoms with Gasteiger partial charge in [0.15, 0.2) is 0 Å². The third-order valence-electron chi connectivity index (χ3n) is 5.39. The summed E-state index contributed by atoms with van der Waals surface area (Å²) in [6.45, 7) is 11.9. The van der Waals surface area contributed by atoms with Gasteiger partial charge >= 0.3 is 5.97 Å². The molecule has 186 valence electrons. The molecule has 9 heteroatoms. The molecule has 1 saturated heterocycles. The number of hydrogen-bond donors (Lipinski definition) is 2. The lowest BCUT2D eigenvalue weighted by Gasteiger charge is -2.35.